The van der Waals surface area contributed by atoms with Gasteiger partial charge >= 0.3 is 5.92 Å². The highest BCUT2D eigenvalue weighted by Crippen LogP contribution is 2.46. The third kappa shape index (κ3) is 7.59. The van der Waals surface area contributed by atoms with Crippen molar-refractivity contribution in [3.63, 3.8) is 0 Å². The van der Waals surface area contributed by atoms with Gasteiger partial charge in [-0.25, -0.2) is 13.8 Å². The van der Waals surface area contributed by atoms with Crippen LogP contribution < -0.4 is 36.0 Å². The molecule has 2 amide bonds. The maximum absolute atomic E-state index is 15.2. The molecule has 18 heteroatoms. The van der Waals surface area contributed by atoms with E-state index in [1.165, 1.54) is 4.57 Å². The number of carbonyl (C=O) groups is 2. The van der Waals surface area contributed by atoms with Gasteiger partial charge in [-0.05, 0) is 67.2 Å². The van der Waals surface area contributed by atoms with Crippen molar-refractivity contribution >= 4 is 74.0 Å². The van der Waals surface area contributed by atoms with Gasteiger partial charge in [-0.2, -0.15) is 10.1 Å². The number of hydrogen-bond donors (Lipinski definition) is 3. The SMILES string of the molecule is Cn1nc(C2CCC(=O)NC2=O)c2cccc(N3CCN(CC4CCN(c5ncc(Cl)c(Nc6ccc7c(c6)c6c(c(=O)n7C)OCC(F)(F)[C@H](C7CC7)N6)n5)CC4(C)C)CC3)c21. The Morgan fingerprint density at radius 2 is 1.76 bits per heavy atom. The van der Waals surface area contributed by atoms with E-state index in [9.17, 15) is 14.4 Å². The summed E-state index contributed by atoms with van der Waals surface area (Å²) in [6.45, 7) is 9.85. The summed E-state index contributed by atoms with van der Waals surface area (Å²) >= 11 is 6.69. The monoisotopic (exact) mass is 883 g/mol. The van der Waals surface area contributed by atoms with E-state index in [4.69, 9.17) is 26.4 Å². The van der Waals surface area contributed by atoms with E-state index >= 15 is 8.78 Å². The number of para-hydroxylation sites is 1. The topological polar surface area (TPSA) is 155 Å². The molecule has 4 aliphatic heterocycles. The second-order valence-electron chi connectivity index (χ2n) is 18.7. The Kier molecular flexibility index (Phi) is 10.3. The van der Waals surface area contributed by atoms with Crippen LogP contribution in [-0.2, 0) is 23.7 Å². The number of anilines is 5. The number of aryl methyl sites for hydroxylation is 2. The number of fused-ring (bicyclic) bond motifs is 4. The molecule has 2 aromatic carbocycles. The standard InChI is InChI=1S/C45H52ClF2N11O4/c1-44(2)23-59(15-14-26(44)22-57-16-18-58(19-17-57)33-7-5-6-28-35(54-56(4)37(28)33)29-11-13-34(60)51-41(29)61)43-49-21-31(46)40(53-43)50-27-10-12-32-30(20-27)36-38(42(62)55(32)3)63-24-45(47,48)39(52-36)25-8-9-25/h5-7,10,12,20-21,25-26,29,39,52H,8-9,11,13-19,22-24H2,1-4H3,(H,49,50,53)(H,51,60,61)/t26?,29?,39-/m0/s1. The Hall–Kier alpha value is -5.55. The van der Waals surface area contributed by atoms with E-state index in [2.05, 4.69) is 55.5 Å². The van der Waals surface area contributed by atoms with E-state index in [1.54, 1.807) is 19.3 Å². The van der Waals surface area contributed by atoms with E-state index in [-0.39, 0.29) is 34.6 Å². The van der Waals surface area contributed by atoms with Gasteiger partial charge < -0.3 is 29.7 Å². The van der Waals surface area contributed by atoms with Gasteiger partial charge in [0, 0.05) is 82.8 Å². The molecule has 3 aromatic heterocycles. The summed E-state index contributed by atoms with van der Waals surface area (Å²) in [6, 6.07) is 10.5. The molecule has 10 rings (SSSR count). The fourth-order valence-electron chi connectivity index (χ4n) is 10.2. The lowest BCUT2D eigenvalue weighted by Crippen LogP contribution is -2.53. The first-order valence-electron chi connectivity index (χ1n) is 21.9. The minimum atomic E-state index is -3.14. The van der Waals surface area contributed by atoms with Crippen LogP contribution in [0.1, 0.15) is 57.6 Å². The number of rotatable bonds is 8. The molecular weight excluding hydrogens is 832 g/mol. The fourth-order valence-corrected chi connectivity index (χ4v) is 10.4. The molecule has 0 radical (unpaired) electrons. The number of piperidine rings is 2. The summed E-state index contributed by atoms with van der Waals surface area (Å²) in [5.41, 5.74) is 3.78. The number of imide groups is 1. The first-order chi connectivity index (χ1) is 30.1. The summed E-state index contributed by atoms with van der Waals surface area (Å²) in [5.74, 6) is -2.96. The molecule has 7 heterocycles. The number of aromatic nitrogens is 5. The predicted octanol–water partition coefficient (Wildman–Crippen LogP) is 6.03. The zero-order valence-electron chi connectivity index (χ0n) is 35.9. The number of halogens is 3. The third-order valence-electron chi connectivity index (χ3n) is 14.0. The van der Waals surface area contributed by atoms with Crippen LogP contribution >= 0.6 is 11.6 Å². The lowest BCUT2D eigenvalue weighted by Gasteiger charge is -2.47. The average molecular weight is 884 g/mol. The molecule has 63 heavy (non-hydrogen) atoms. The van der Waals surface area contributed by atoms with Crippen molar-refractivity contribution < 1.29 is 23.1 Å². The summed E-state index contributed by atoms with van der Waals surface area (Å²) in [6.07, 6.45) is 4.73. The molecule has 3 atom stereocenters. The minimum absolute atomic E-state index is 0.0466. The van der Waals surface area contributed by atoms with Crippen molar-refractivity contribution in [3.8, 4) is 5.75 Å². The Morgan fingerprint density at radius 1 is 0.968 bits per heavy atom. The number of nitrogens with zero attached hydrogens (tertiary/aromatic N) is 8. The van der Waals surface area contributed by atoms with Crippen LogP contribution in [-0.4, -0.2) is 105 Å². The van der Waals surface area contributed by atoms with Crippen LogP contribution in [0.4, 0.5) is 37.6 Å². The van der Waals surface area contributed by atoms with Gasteiger partial charge in [0.25, 0.3) is 5.56 Å². The number of carbonyl (C=O) groups excluding carboxylic acids is 2. The van der Waals surface area contributed by atoms with Gasteiger partial charge in [-0.1, -0.05) is 37.6 Å². The largest absolute Gasteiger partial charge is 0.480 e. The fraction of sp³-hybridized carbons (Fsp3) is 0.511. The van der Waals surface area contributed by atoms with Crippen molar-refractivity contribution in [3.05, 3.63) is 63.7 Å². The minimum Gasteiger partial charge on any atom is -0.480 e. The normalized spacial score (nSPS) is 23.8. The van der Waals surface area contributed by atoms with Crippen LogP contribution in [0.3, 0.4) is 0 Å². The number of amides is 2. The highest BCUT2D eigenvalue weighted by atomic mass is 35.5. The molecule has 15 nitrogen and oxygen atoms in total. The van der Waals surface area contributed by atoms with E-state index in [1.807, 2.05) is 36.0 Å². The molecule has 5 aliphatic rings. The molecule has 0 bridgehead atoms. The van der Waals surface area contributed by atoms with Crippen molar-refractivity contribution in [2.24, 2.45) is 31.3 Å². The van der Waals surface area contributed by atoms with Crippen LogP contribution in [0.25, 0.3) is 21.8 Å². The van der Waals surface area contributed by atoms with Crippen molar-refractivity contribution in [2.45, 2.75) is 63.8 Å². The number of hydrogen-bond acceptors (Lipinski definition) is 12. The molecule has 3 N–H and O–H groups in total. The predicted molar refractivity (Wildman–Crippen MR) is 239 cm³/mol. The molecular formula is C45H52ClF2N11O4. The molecule has 1 saturated carbocycles. The number of alkyl halides is 2. The summed E-state index contributed by atoms with van der Waals surface area (Å²) < 4.78 is 39.3. The Balaban J connectivity index is 0.805. The van der Waals surface area contributed by atoms with E-state index < -0.39 is 30.0 Å². The van der Waals surface area contributed by atoms with Crippen LogP contribution in [0.2, 0.25) is 5.02 Å². The zero-order chi connectivity index (χ0) is 43.9. The lowest BCUT2D eigenvalue weighted by atomic mass is 9.73. The average Bonchev–Trinajstić information content (AvgIpc) is 4.06. The van der Waals surface area contributed by atoms with Crippen molar-refractivity contribution in [2.75, 3.05) is 72.9 Å². The van der Waals surface area contributed by atoms with E-state index in [0.717, 1.165) is 74.5 Å². The zero-order valence-corrected chi connectivity index (χ0v) is 36.6. The van der Waals surface area contributed by atoms with Gasteiger partial charge in [0.1, 0.15) is 5.02 Å². The Labute approximate surface area is 368 Å². The van der Waals surface area contributed by atoms with Gasteiger partial charge in [-0.3, -0.25) is 29.3 Å². The quantitative estimate of drug-likeness (QED) is 0.156. The van der Waals surface area contributed by atoms with Crippen LogP contribution in [0, 0.1) is 17.3 Å². The molecule has 332 valence electrons. The first-order valence-corrected chi connectivity index (χ1v) is 22.3. The summed E-state index contributed by atoms with van der Waals surface area (Å²) in [7, 11) is 3.53. The molecule has 3 saturated heterocycles. The maximum Gasteiger partial charge on any atom is 0.301 e. The highest BCUT2D eigenvalue weighted by Gasteiger charge is 2.51. The number of benzene rings is 2. The Bertz CT molecular complexity index is 2710. The van der Waals surface area contributed by atoms with Crippen molar-refractivity contribution in [1.29, 1.82) is 0 Å². The van der Waals surface area contributed by atoms with Crippen LogP contribution in [0.15, 0.2) is 47.4 Å². The highest BCUT2D eigenvalue weighted by molar-refractivity contribution is 6.33. The van der Waals surface area contributed by atoms with Crippen molar-refractivity contribution in [1.82, 2.24) is 34.5 Å². The van der Waals surface area contributed by atoms with Crippen LogP contribution in [0.5, 0.6) is 5.75 Å². The molecule has 1 aliphatic carbocycles. The summed E-state index contributed by atoms with van der Waals surface area (Å²) in [4.78, 5) is 54.6. The Morgan fingerprint density at radius 3 is 2.51 bits per heavy atom. The maximum atomic E-state index is 15.2. The van der Waals surface area contributed by atoms with Gasteiger partial charge in [0.2, 0.25) is 23.5 Å². The number of nitrogens with one attached hydrogen (secondary N) is 3. The van der Waals surface area contributed by atoms with Gasteiger partial charge in [-0.15, -0.1) is 0 Å². The number of piperazine rings is 1. The molecule has 5 aromatic rings. The summed E-state index contributed by atoms with van der Waals surface area (Å²) in [5, 5.41) is 15.5. The second kappa shape index (κ2) is 15.6. The molecule has 0 spiro atoms. The smallest absolute Gasteiger partial charge is 0.301 e. The van der Waals surface area contributed by atoms with Gasteiger partial charge in [0.05, 0.1) is 46.3 Å². The number of ether oxygens (including phenoxy) is 1. The second-order valence-corrected chi connectivity index (χ2v) is 19.1. The number of pyridine rings is 1. The van der Waals surface area contributed by atoms with Gasteiger partial charge in [0.15, 0.2) is 12.4 Å². The third-order valence-corrected chi connectivity index (χ3v) is 14.2. The first kappa shape index (κ1) is 41.5. The lowest BCUT2D eigenvalue weighted by molar-refractivity contribution is -0.134. The molecule has 2 unspecified atom stereocenters. The van der Waals surface area contributed by atoms with E-state index in [0.29, 0.717) is 65.0 Å². The molecule has 4 fully saturated rings.